The van der Waals surface area contributed by atoms with Gasteiger partial charge in [-0.2, -0.15) is 0 Å². The van der Waals surface area contributed by atoms with Crippen molar-refractivity contribution < 1.29 is 18.4 Å². The average Bonchev–Trinajstić information content (AvgIpc) is 3.29. The van der Waals surface area contributed by atoms with Crippen LogP contribution in [0.5, 0.6) is 0 Å². The van der Waals surface area contributed by atoms with Gasteiger partial charge in [0.2, 0.25) is 11.8 Å². The summed E-state index contributed by atoms with van der Waals surface area (Å²) in [6, 6.07) is 17.6. The Morgan fingerprint density at radius 1 is 1.14 bits per heavy atom. The van der Waals surface area contributed by atoms with Crippen LogP contribution in [-0.4, -0.2) is 24.1 Å². The van der Waals surface area contributed by atoms with E-state index in [-0.39, 0.29) is 0 Å². The summed E-state index contributed by atoms with van der Waals surface area (Å²) in [7, 11) is 1.48. The number of furan rings is 1. The quantitative estimate of drug-likeness (QED) is 0.514. The van der Waals surface area contributed by atoms with E-state index < -0.39 is 12.0 Å². The second-order valence-electron chi connectivity index (χ2n) is 6.98. The van der Waals surface area contributed by atoms with Crippen molar-refractivity contribution in [3.8, 4) is 11.5 Å². The molecule has 29 heavy (non-hydrogen) atoms. The van der Waals surface area contributed by atoms with Crippen molar-refractivity contribution in [2.45, 2.75) is 25.9 Å². The normalized spacial score (nSPS) is 12.3. The zero-order chi connectivity index (χ0) is 20.4. The number of carbonyl (C=O) groups is 1. The number of methoxy groups -OCH3 is 1. The molecule has 6 nitrogen and oxygen atoms in total. The van der Waals surface area contributed by atoms with Gasteiger partial charge in [0.1, 0.15) is 23.2 Å². The fourth-order valence-electron chi connectivity index (χ4n) is 3.34. The van der Waals surface area contributed by atoms with Crippen molar-refractivity contribution in [3.63, 3.8) is 0 Å². The Bertz CT molecular complexity index is 1140. The predicted octanol–water partition coefficient (Wildman–Crippen LogP) is 4.03. The van der Waals surface area contributed by atoms with Crippen LogP contribution in [0.2, 0.25) is 0 Å². The van der Waals surface area contributed by atoms with Crippen LogP contribution in [0.25, 0.3) is 22.4 Å². The largest absolute Gasteiger partial charge is 0.461 e. The van der Waals surface area contributed by atoms with Gasteiger partial charge in [-0.25, -0.2) is 4.98 Å². The molecule has 4 aromatic rings. The molecule has 0 bridgehead atoms. The van der Waals surface area contributed by atoms with E-state index in [0.29, 0.717) is 18.7 Å². The van der Waals surface area contributed by atoms with Gasteiger partial charge in [-0.05, 0) is 42.8 Å². The second-order valence-corrected chi connectivity index (χ2v) is 6.98. The van der Waals surface area contributed by atoms with Crippen LogP contribution in [-0.2, 0) is 22.4 Å². The number of fused-ring (bicyclic) bond motifs is 1. The minimum absolute atomic E-state index is 0.422. The molecule has 0 saturated heterocycles. The van der Waals surface area contributed by atoms with Crippen LogP contribution in [0.3, 0.4) is 0 Å². The molecule has 2 N–H and O–H groups in total. The van der Waals surface area contributed by atoms with E-state index >= 15 is 0 Å². The first-order valence-electron chi connectivity index (χ1n) is 9.38. The molecule has 0 aliphatic carbocycles. The lowest BCUT2D eigenvalue weighted by molar-refractivity contribution is -0.127. The highest BCUT2D eigenvalue weighted by Crippen LogP contribution is 2.26. The third-order valence-electron chi connectivity index (χ3n) is 4.91. The molecule has 1 atom stereocenters. The highest BCUT2D eigenvalue weighted by Gasteiger charge is 2.17. The number of rotatable bonds is 7. The minimum atomic E-state index is -0.645. The summed E-state index contributed by atoms with van der Waals surface area (Å²) in [5.74, 6) is 1.70. The number of ether oxygens (including phenoxy) is 1. The van der Waals surface area contributed by atoms with Gasteiger partial charge in [-0.15, -0.1) is 0 Å². The molecule has 6 heteroatoms. The van der Waals surface area contributed by atoms with E-state index in [9.17, 15) is 4.79 Å². The van der Waals surface area contributed by atoms with Crippen molar-refractivity contribution in [1.82, 2.24) is 4.98 Å². The Hall–Kier alpha value is -3.38. The first kappa shape index (κ1) is 19.0. The van der Waals surface area contributed by atoms with Gasteiger partial charge in [0, 0.05) is 24.5 Å². The summed E-state index contributed by atoms with van der Waals surface area (Å²) in [5, 5.41) is 0.959. The first-order valence-corrected chi connectivity index (χ1v) is 9.38. The minimum Gasteiger partial charge on any atom is -0.461 e. The molecule has 2 aromatic carbocycles. The second kappa shape index (κ2) is 7.93. The average molecular weight is 390 g/mol. The third-order valence-corrected chi connectivity index (χ3v) is 4.91. The van der Waals surface area contributed by atoms with E-state index in [1.54, 1.807) is 0 Å². The van der Waals surface area contributed by atoms with Gasteiger partial charge >= 0.3 is 0 Å². The molecule has 0 aliphatic heterocycles. The zero-order valence-electron chi connectivity index (χ0n) is 16.3. The standard InChI is InChI=1S/C23H22N2O4/c1-14-19(25-23(28-14)16-6-4-3-5-7-16)13-18-12-17-10-15(8-9-20(17)29-18)11-21(27-2)22(24)26/h3-10,12,21H,11,13H2,1-2H3,(H2,24,26). The van der Waals surface area contributed by atoms with Crippen molar-refractivity contribution in [3.05, 3.63) is 77.4 Å². The number of aryl methyl sites for hydroxylation is 1. The summed E-state index contributed by atoms with van der Waals surface area (Å²) >= 11 is 0. The highest BCUT2D eigenvalue weighted by molar-refractivity contribution is 5.81. The number of carbonyl (C=O) groups excluding carboxylic acids is 1. The maximum absolute atomic E-state index is 11.4. The number of oxazole rings is 1. The van der Waals surface area contributed by atoms with E-state index in [0.717, 1.165) is 39.3 Å². The summed E-state index contributed by atoms with van der Waals surface area (Å²) in [5.41, 5.74) is 8.88. The summed E-state index contributed by atoms with van der Waals surface area (Å²) in [6.45, 7) is 1.91. The monoisotopic (exact) mass is 390 g/mol. The van der Waals surface area contributed by atoms with Crippen molar-refractivity contribution >= 4 is 16.9 Å². The molecule has 0 fully saturated rings. The fourth-order valence-corrected chi connectivity index (χ4v) is 3.34. The van der Waals surface area contributed by atoms with E-state index in [4.69, 9.17) is 19.3 Å². The van der Waals surface area contributed by atoms with Crippen LogP contribution < -0.4 is 5.73 Å². The number of aromatic nitrogens is 1. The molecule has 0 saturated carbocycles. The fraction of sp³-hybridized carbons (Fsp3) is 0.217. The zero-order valence-corrected chi connectivity index (χ0v) is 16.3. The molecule has 2 aromatic heterocycles. The van der Waals surface area contributed by atoms with Gasteiger partial charge < -0.3 is 19.3 Å². The highest BCUT2D eigenvalue weighted by atomic mass is 16.5. The third kappa shape index (κ3) is 4.07. The van der Waals surface area contributed by atoms with Gasteiger partial charge in [-0.1, -0.05) is 24.3 Å². The number of primary amides is 1. The molecule has 2 heterocycles. The van der Waals surface area contributed by atoms with Crippen molar-refractivity contribution in [2.75, 3.05) is 7.11 Å². The number of nitrogens with zero attached hydrogens (tertiary/aromatic N) is 1. The Morgan fingerprint density at radius 2 is 1.93 bits per heavy atom. The van der Waals surface area contributed by atoms with Gasteiger partial charge in [0.05, 0.1) is 12.1 Å². The van der Waals surface area contributed by atoms with Crippen molar-refractivity contribution in [1.29, 1.82) is 0 Å². The first-order chi connectivity index (χ1) is 14.0. The van der Waals surface area contributed by atoms with E-state index in [1.165, 1.54) is 7.11 Å². The Morgan fingerprint density at radius 3 is 2.66 bits per heavy atom. The summed E-state index contributed by atoms with van der Waals surface area (Å²) in [4.78, 5) is 16.0. The van der Waals surface area contributed by atoms with E-state index in [1.807, 2.05) is 61.5 Å². The SMILES string of the molecule is COC(Cc1ccc2oc(Cc3nc(-c4ccccc4)oc3C)cc2c1)C(N)=O. The molecular formula is C23H22N2O4. The molecule has 1 unspecified atom stereocenters. The Balaban J connectivity index is 1.56. The number of nitrogens with two attached hydrogens (primary N) is 1. The van der Waals surface area contributed by atoms with Crippen LogP contribution >= 0.6 is 0 Å². The van der Waals surface area contributed by atoms with Crippen molar-refractivity contribution in [2.24, 2.45) is 5.73 Å². The summed E-state index contributed by atoms with van der Waals surface area (Å²) < 4.78 is 17.0. The van der Waals surface area contributed by atoms with Crippen LogP contribution in [0.4, 0.5) is 0 Å². The van der Waals surface area contributed by atoms with Crippen LogP contribution in [0.15, 0.2) is 63.4 Å². The summed E-state index contributed by atoms with van der Waals surface area (Å²) in [6.07, 6.45) is 0.312. The van der Waals surface area contributed by atoms with Crippen LogP contribution in [0.1, 0.15) is 22.8 Å². The number of amides is 1. The molecule has 0 aliphatic rings. The topological polar surface area (TPSA) is 91.5 Å². The lowest BCUT2D eigenvalue weighted by Gasteiger charge is -2.10. The maximum atomic E-state index is 11.4. The molecule has 0 spiro atoms. The number of hydrogen-bond acceptors (Lipinski definition) is 5. The molecule has 0 radical (unpaired) electrons. The smallest absolute Gasteiger partial charge is 0.246 e. The lowest BCUT2D eigenvalue weighted by Crippen LogP contribution is -2.32. The number of benzene rings is 2. The van der Waals surface area contributed by atoms with Gasteiger partial charge in [0.25, 0.3) is 0 Å². The maximum Gasteiger partial charge on any atom is 0.246 e. The molecule has 148 valence electrons. The number of hydrogen-bond donors (Lipinski definition) is 1. The van der Waals surface area contributed by atoms with E-state index in [2.05, 4.69) is 4.98 Å². The molecule has 1 amide bonds. The lowest BCUT2D eigenvalue weighted by atomic mass is 10.1. The van der Waals surface area contributed by atoms with Gasteiger partial charge in [0.15, 0.2) is 0 Å². The Kier molecular flexibility index (Phi) is 5.18. The van der Waals surface area contributed by atoms with Gasteiger partial charge in [-0.3, -0.25) is 4.79 Å². The molecule has 4 rings (SSSR count). The van der Waals surface area contributed by atoms with Crippen LogP contribution in [0, 0.1) is 6.92 Å². The molecular weight excluding hydrogens is 368 g/mol. The predicted molar refractivity (Wildman–Crippen MR) is 109 cm³/mol. The Labute approximate surface area is 168 Å².